The number of aryl methyl sites for hydroxylation is 1. The maximum Gasteiger partial charge on any atom is 0.273 e. The number of carbonyl (C=O) groups is 2. The van der Waals surface area contributed by atoms with Gasteiger partial charge >= 0.3 is 0 Å². The molecule has 198 valence electrons. The number of amides is 2. The molecule has 38 heavy (non-hydrogen) atoms. The van der Waals surface area contributed by atoms with Gasteiger partial charge in [-0.25, -0.2) is 5.43 Å². The summed E-state index contributed by atoms with van der Waals surface area (Å²) in [6.45, 7) is 7.51. The largest absolute Gasteiger partial charge is 0.395 e. The maximum absolute atomic E-state index is 13.0. The van der Waals surface area contributed by atoms with Gasteiger partial charge in [0.15, 0.2) is 0 Å². The van der Waals surface area contributed by atoms with Crippen LogP contribution in [0, 0.1) is 6.92 Å². The summed E-state index contributed by atoms with van der Waals surface area (Å²) in [5.41, 5.74) is 6.85. The summed E-state index contributed by atoms with van der Waals surface area (Å²) in [6, 6.07) is 20.4. The SMILES string of the molecule is Cc1cccc(/C=N/NC(=O)c2cc(Br)ccc2NC(=O)c2ccc(CN3CCN(CCO)CC3)cc2)c1. The van der Waals surface area contributed by atoms with Crippen molar-refractivity contribution in [1.29, 1.82) is 0 Å². The fourth-order valence-corrected chi connectivity index (χ4v) is 4.68. The van der Waals surface area contributed by atoms with Crippen LogP contribution in [0.15, 0.2) is 76.3 Å². The number of β-amino-alcohol motifs (C(OH)–C–C–N with tert-alkyl or cyclic N) is 1. The second kappa shape index (κ2) is 13.4. The molecule has 2 amide bonds. The van der Waals surface area contributed by atoms with E-state index in [0.29, 0.717) is 21.3 Å². The Balaban J connectivity index is 1.36. The minimum absolute atomic E-state index is 0.192. The van der Waals surface area contributed by atoms with Gasteiger partial charge in [0.2, 0.25) is 0 Å². The number of benzene rings is 3. The van der Waals surface area contributed by atoms with Crippen LogP contribution in [-0.2, 0) is 6.54 Å². The number of anilines is 1. The monoisotopic (exact) mass is 577 g/mol. The first-order chi connectivity index (χ1) is 18.4. The van der Waals surface area contributed by atoms with Gasteiger partial charge in [-0.05, 0) is 48.4 Å². The summed E-state index contributed by atoms with van der Waals surface area (Å²) >= 11 is 3.40. The molecular formula is C29H32BrN5O3. The summed E-state index contributed by atoms with van der Waals surface area (Å²) in [7, 11) is 0. The Morgan fingerprint density at radius 2 is 1.71 bits per heavy atom. The molecule has 0 atom stereocenters. The Morgan fingerprint density at radius 1 is 0.974 bits per heavy atom. The smallest absolute Gasteiger partial charge is 0.273 e. The average Bonchev–Trinajstić information content (AvgIpc) is 2.91. The van der Waals surface area contributed by atoms with E-state index in [4.69, 9.17) is 5.11 Å². The van der Waals surface area contributed by atoms with Crippen molar-refractivity contribution < 1.29 is 14.7 Å². The first-order valence-electron chi connectivity index (χ1n) is 12.6. The zero-order chi connectivity index (χ0) is 26.9. The standard InChI is InChI=1S/C29H32BrN5O3/c1-21-3-2-4-23(17-21)19-31-33-29(38)26-18-25(30)9-10-27(26)32-28(37)24-7-5-22(6-8-24)20-35-13-11-34(12-14-35)15-16-36/h2-10,17-19,36H,11-16,20H2,1H3,(H,32,37)(H,33,38)/b31-19+. The van der Waals surface area contributed by atoms with E-state index in [2.05, 4.69) is 41.6 Å². The van der Waals surface area contributed by atoms with Gasteiger partial charge in [0.1, 0.15) is 0 Å². The normalized spacial score (nSPS) is 14.5. The predicted octanol–water partition coefficient (Wildman–Crippen LogP) is 3.88. The Labute approximate surface area is 231 Å². The third-order valence-electron chi connectivity index (χ3n) is 6.40. The van der Waals surface area contributed by atoms with Gasteiger partial charge in [0.25, 0.3) is 11.8 Å². The molecule has 4 rings (SSSR count). The third-order valence-corrected chi connectivity index (χ3v) is 6.89. The van der Waals surface area contributed by atoms with Crippen molar-refractivity contribution in [2.24, 2.45) is 5.10 Å². The highest BCUT2D eigenvalue weighted by Gasteiger charge is 2.17. The number of halogens is 1. The quantitative estimate of drug-likeness (QED) is 0.265. The number of hydrogen-bond donors (Lipinski definition) is 3. The lowest BCUT2D eigenvalue weighted by atomic mass is 10.1. The molecule has 1 aliphatic heterocycles. The second-order valence-corrected chi connectivity index (χ2v) is 10.2. The van der Waals surface area contributed by atoms with Crippen LogP contribution >= 0.6 is 15.9 Å². The van der Waals surface area contributed by atoms with Crippen LogP contribution in [0.1, 0.15) is 37.4 Å². The molecule has 0 aliphatic carbocycles. The zero-order valence-corrected chi connectivity index (χ0v) is 22.9. The number of piperazine rings is 1. The van der Waals surface area contributed by atoms with Gasteiger partial charge in [-0.2, -0.15) is 5.10 Å². The number of nitrogens with one attached hydrogen (secondary N) is 2. The van der Waals surface area contributed by atoms with Crippen molar-refractivity contribution in [2.45, 2.75) is 13.5 Å². The van der Waals surface area contributed by atoms with E-state index in [-0.39, 0.29) is 12.5 Å². The van der Waals surface area contributed by atoms with Crippen molar-refractivity contribution in [3.8, 4) is 0 Å². The third kappa shape index (κ3) is 7.82. The molecule has 3 N–H and O–H groups in total. The van der Waals surface area contributed by atoms with Crippen molar-refractivity contribution >= 4 is 39.6 Å². The molecule has 3 aromatic carbocycles. The summed E-state index contributed by atoms with van der Waals surface area (Å²) in [5.74, 6) is -0.728. The summed E-state index contributed by atoms with van der Waals surface area (Å²) in [5, 5.41) is 16.0. The maximum atomic E-state index is 13.0. The van der Waals surface area contributed by atoms with E-state index >= 15 is 0 Å². The number of carbonyl (C=O) groups excluding carboxylic acids is 2. The topological polar surface area (TPSA) is 97.3 Å². The van der Waals surface area contributed by atoms with Crippen LogP contribution in [-0.4, -0.2) is 72.3 Å². The average molecular weight is 579 g/mol. The molecule has 1 fully saturated rings. The van der Waals surface area contributed by atoms with E-state index in [1.54, 1.807) is 36.5 Å². The molecule has 8 nitrogen and oxygen atoms in total. The molecule has 0 aromatic heterocycles. The highest BCUT2D eigenvalue weighted by atomic mass is 79.9. The predicted molar refractivity (Wildman–Crippen MR) is 154 cm³/mol. The fourth-order valence-electron chi connectivity index (χ4n) is 4.32. The van der Waals surface area contributed by atoms with Crippen LogP contribution < -0.4 is 10.7 Å². The lowest BCUT2D eigenvalue weighted by Crippen LogP contribution is -2.46. The fraction of sp³-hybridized carbons (Fsp3) is 0.276. The van der Waals surface area contributed by atoms with Crippen molar-refractivity contribution in [3.63, 3.8) is 0 Å². The van der Waals surface area contributed by atoms with Gasteiger partial charge in [0.05, 0.1) is 24.1 Å². The first kappa shape index (κ1) is 27.7. The lowest BCUT2D eigenvalue weighted by Gasteiger charge is -2.34. The van der Waals surface area contributed by atoms with Crippen LogP contribution in [0.2, 0.25) is 0 Å². The van der Waals surface area contributed by atoms with Crippen LogP contribution in [0.5, 0.6) is 0 Å². The second-order valence-electron chi connectivity index (χ2n) is 9.30. The van der Waals surface area contributed by atoms with E-state index in [9.17, 15) is 9.59 Å². The molecule has 0 radical (unpaired) electrons. The molecule has 0 saturated carbocycles. The number of hydrazone groups is 1. The Hall–Kier alpha value is -3.37. The van der Waals surface area contributed by atoms with Crippen molar-refractivity contribution in [2.75, 3.05) is 44.6 Å². The van der Waals surface area contributed by atoms with Gasteiger partial charge in [-0.15, -0.1) is 0 Å². The molecule has 0 bridgehead atoms. The lowest BCUT2D eigenvalue weighted by molar-refractivity contribution is 0.0956. The summed E-state index contributed by atoms with van der Waals surface area (Å²) in [6.07, 6.45) is 1.58. The number of hydrogen-bond acceptors (Lipinski definition) is 6. The van der Waals surface area contributed by atoms with E-state index in [0.717, 1.165) is 56.0 Å². The van der Waals surface area contributed by atoms with Crippen LogP contribution in [0.4, 0.5) is 5.69 Å². The van der Waals surface area contributed by atoms with Gasteiger partial charge in [-0.3, -0.25) is 19.4 Å². The Bertz CT molecular complexity index is 1290. The minimum Gasteiger partial charge on any atom is -0.395 e. The molecule has 0 spiro atoms. The highest BCUT2D eigenvalue weighted by molar-refractivity contribution is 9.10. The van der Waals surface area contributed by atoms with E-state index in [1.807, 2.05) is 43.3 Å². The van der Waals surface area contributed by atoms with E-state index in [1.165, 1.54) is 0 Å². The molecule has 1 saturated heterocycles. The van der Waals surface area contributed by atoms with Gasteiger partial charge in [-0.1, -0.05) is 57.9 Å². The number of aliphatic hydroxyl groups excluding tert-OH is 1. The molecule has 9 heteroatoms. The van der Waals surface area contributed by atoms with Crippen LogP contribution in [0.3, 0.4) is 0 Å². The van der Waals surface area contributed by atoms with Crippen molar-refractivity contribution in [3.05, 3.63) is 99.0 Å². The Morgan fingerprint density at radius 3 is 2.42 bits per heavy atom. The van der Waals surface area contributed by atoms with Gasteiger partial charge in [0, 0.05) is 49.3 Å². The Kier molecular flexibility index (Phi) is 9.78. The molecule has 1 heterocycles. The first-order valence-corrected chi connectivity index (χ1v) is 13.4. The number of nitrogens with zero attached hydrogens (tertiary/aromatic N) is 3. The number of aliphatic hydroxyl groups is 1. The van der Waals surface area contributed by atoms with Crippen LogP contribution in [0.25, 0.3) is 0 Å². The van der Waals surface area contributed by atoms with E-state index < -0.39 is 5.91 Å². The summed E-state index contributed by atoms with van der Waals surface area (Å²) < 4.78 is 0.713. The van der Waals surface area contributed by atoms with Crippen molar-refractivity contribution in [1.82, 2.24) is 15.2 Å². The highest BCUT2D eigenvalue weighted by Crippen LogP contribution is 2.22. The molecular weight excluding hydrogens is 546 g/mol. The summed E-state index contributed by atoms with van der Waals surface area (Å²) in [4.78, 5) is 30.5. The molecule has 0 unspecified atom stereocenters. The van der Waals surface area contributed by atoms with Gasteiger partial charge < -0.3 is 10.4 Å². The molecule has 1 aliphatic rings. The molecule has 3 aromatic rings. The minimum atomic E-state index is -0.431. The number of rotatable bonds is 9. The zero-order valence-electron chi connectivity index (χ0n) is 21.4.